The van der Waals surface area contributed by atoms with Crippen LogP contribution in [0, 0.1) is 5.41 Å². The number of rotatable bonds is 2. The van der Waals surface area contributed by atoms with Crippen molar-refractivity contribution < 1.29 is 9.59 Å². The van der Waals surface area contributed by atoms with E-state index in [1.165, 1.54) is 4.90 Å². The Morgan fingerprint density at radius 1 is 1.28 bits per heavy atom. The van der Waals surface area contributed by atoms with E-state index < -0.39 is 5.41 Å². The van der Waals surface area contributed by atoms with Crippen molar-refractivity contribution in [2.45, 2.75) is 26.2 Å². The van der Waals surface area contributed by atoms with Gasteiger partial charge in [0.2, 0.25) is 11.8 Å². The molecule has 1 aliphatic rings. The number of carbonyl (C=O) groups excluding carboxylic acids is 2. The molecule has 0 spiro atoms. The number of halogens is 1. The zero-order chi connectivity index (χ0) is 13.5. The zero-order valence-corrected chi connectivity index (χ0v) is 12.3. The third-order valence-electron chi connectivity index (χ3n) is 4.01. The van der Waals surface area contributed by atoms with Crippen LogP contribution in [0.15, 0.2) is 28.7 Å². The Hall–Kier alpha value is -1.16. The summed E-state index contributed by atoms with van der Waals surface area (Å²) >= 11 is 3.39. The van der Waals surface area contributed by atoms with Gasteiger partial charge in [-0.15, -0.1) is 0 Å². The predicted octanol–water partition coefficient (Wildman–Crippen LogP) is 2.95. The minimum atomic E-state index is -0.625. The van der Waals surface area contributed by atoms with Gasteiger partial charge in [-0.1, -0.05) is 35.0 Å². The number of imide groups is 1. The average molecular weight is 310 g/mol. The third kappa shape index (κ3) is 1.99. The van der Waals surface area contributed by atoms with Crippen LogP contribution in [0.4, 0.5) is 0 Å². The number of benzene rings is 1. The lowest BCUT2D eigenvalue weighted by Crippen LogP contribution is -2.34. The van der Waals surface area contributed by atoms with Crippen molar-refractivity contribution in [2.24, 2.45) is 5.41 Å². The summed E-state index contributed by atoms with van der Waals surface area (Å²) < 4.78 is 1.01. The van der Waals surface area contributed by atoms with Gasteiger partial charge in [-0.25, -0.2) is 0 Å². The highest BCUT2D eigenvalue weighted by molar-refractivity contribution is 9.10. The second-order valence-corrected chi connectivity index (χ2v) is 6.04. The summed E-state index contributed by atoms with van der Waals surface area (Å²) in [6.45, 7) is 3.89. The van der Waals surface area contributed by atoms with Gasteiger partial charge in [0.05, 0.1) is 5.41 Å². The lowest BCUT2D eigenvalue weighted by molar-refractivity contribution is -0.139. The van der Waals surface area contributed by atoms with Gasteiger partial charge >= 0.3 is 0 Å². The van der Waals surface area contributed by atoms with Crippen molar-refractivity contribution in [1.29, 1.82) is 0 Å². The smallest absolute Gasteiger partial charge is 0.235 e. The quantitative estimate of drug-likeness (QED) is 0.788. The first-order valence-corrected chi connectivity index (χ1v) is 6.72. The van der Waals surface area contributed by atoms with Gasteiger partial charge in [0.1, 0.15) is 0 Å². The average Bonchev–Trinajstić information content (AvgIpc) is 2.54. The van der Waals surface area contributed by atoms with Gasteiger partial charge in [-0.3, -0.25) is 14.5 Å². The maximum atomic E-state index is 12.2. The molecular formula is C14H16BrNO2. The van der Waals surface area contributed by atoms with Crippen LogP contribution >= 0.6 is 15.9 Å². The Morgan fingerprint density at radius 3 is 2.28 bits per heavy atom. The fourth-order valence-corrected chi connectivity index (χ4v) is 2.73. The Bertz CT molecular complexity index is 497. The predicted molar refractivity (Wildman–Crippen MR) is 73.1 cm³/mol. The Morgan fingerprint density at radius 2 is 1.83 bits per heavy atom. The highest BCUT2D eigenvalue weighted by atomic mass is 79.9. The standard InChI is InChI=1S/C14H16BrNO2/c1-9(10-4-6-11(15)7-5-10)14(2)8-12(17)16(3)13(14)18/h4-7,9H,8H2,1-3H3/t9?,14-/m0/s1. The molecule has 2 atom stereocenters. The van der Waals surface area contributed by atoms with E-state index >= 15 is 0 Å². The van der Waals surface area contributed by atoms with Gasteiger partial charge in [0.15, 0.2) is 0 Å². The number of carbonyl (C=O) groups is 2. The molecule has 1 aromatic carbocycles. The van der Waals surface area contributed by atoms with Crippen molar-refractivity contribution in [3.8, 4) is 0 Å². The summed E-state index contributed by atoms with van der Waals surface area (Å²) in [5.41, 5.74) is 0.455. The van der Waals surface area contributed by atoms with Crippen LogP contribution in [0.5, 0.6) is 0 Å². The Kier molecular flexibility index (Phi) is 3.32. The molecule has 0 radical (unpaired) electrons. The van der Waals surface area contributed by atoms with Crippen molar-refractivity contribution >= 4 is 27.7 Å². The third-order valence-corrected chi connectivity index (χ3v) is 4.54. The van der Waals surface area contributed by atoms with Gasteiger partial charge in [0.25, 0.3) is 0 Å². The molecule has 0 saturated carbocycles. The number of hydrogen-bond acceptors (Lipinski definition) is 2. The first-order chi connectivity index (χ1) is 8.36. The van der Waals surface area contributed by atoms with E-state index in [0.29, 0.717) is 6.42 Å². The van der Waals surface area contributed by atoms with E-state index in [0.717, 1.165) is 10.0 Å². The molecule has 0 N–H and O–H groups in total. The molecule has 1 aliphatic heterocycles. The molecule has 1 fully saturated rings. The van der Waals surface area contributed by atoms with Gasteiger partial charge in [0, 0.05) is 17.9 Å². The van der Waals surface area contributed by atoms with Crippen LogP contribution in [0.25, 0.3) is 0 Å². The monoisotopic (exact) mass is 309 g/mol. The summed E-state index contributed by atoms with van der Waals surface area (Å²) in [5, 5.41) is 0. The molecular weight excluding hydrogens is 294 g/mol. The maximum absolute atomic E-state index is 12.2. The lowest BCUT2D eigenvalue weighted by Gasteiger charge is -2.28. The molecule has 1 heterocycles. The largest absolute Gasteiger partial charge is 0.285 e. The van der Waals surface area contributed by atoms with Crippen molar-refractivity contribution in [3.05, 3.63) is 34.3 Å². The summed E-state index contributed by atoms with van der Waals surface area (Å²) in [6, 6.07) is 7.91. The fourth-order valence-electron chi connectivity index (χ4n) is 2.46. The van der Waals surface area contributed by atoms with E-state index in [9.17, 15) is 9.59 Å². The van der Waals surface area contributed by atoms with Crippen LogP contribution in [-0.2, 0) is 9.59 Å². The number of likely N-dealkylation sites (tertiary alicyclic amines) is 1. The highest BCUT2D eigenvalue weighted by Gasteiger charge is 2.50. The normalized spacial score (nSPS) is 25.7. The summed E-state index contributed by atoms with van der Waals surface area (Å²) in [7, 11) is 1.56. The Balaban J connectivity index is 2.34. The molecule has 3 nitrogen and oxygen atoms in total. The summed E-state index contributed by atoms with van der Waals surface area (Å²) in [4.78, 5) is 25.1. The van der Waals surface area contributed by atoms with Crippen LogP contribution in [0.1, 0.15) is 31.7 Å². The summed E-state index contributed by atoms with van der Waals surface area (Å²) in [5.74, 6) is -0.151. The van der Waals surface area contributed by atoms with E-state index in [-0.39, 0.29) is 17.7 Å². The van der Waals surface area contributed by atoms with Gasteiger partial charge in [-0.05, 0) is 30.5 Å². The molecule has 1 saturated heterocycles. The number of hydrogen-bond donors (Lipinski definition) is 0. The van der Waals surface area contributed by atoms with E-state index in [1.54, 1.807) is 7.05 Å². The molecule has 1 aromatic rings. The second kappa shape index (κ2) is 4.50. The van der Waals surface area contributed by atoms with Crippen LogP contribution in [0.3, 0.4) is 0 Å². The minimum absolute atomic E-state index is 0.0204. The fraction of sp³-hybridized carbons (Fsp3) is 0.429. The minimum Gasteiger partial charge on any atom is -0.285 e. The van der Waals surface area contributed by atoms with Crippen LogP contribution in [0.2, 0.25) is 0 Å². The maximum Gasteiger partial charge on any atom is 0.235 e. The first kappa shape index (κ1) is 13.3. The molecule has 0 bridgehead atoms. The van der Waals surface area contributed by atoms with Gasteiger partial charge < -0.3 is 0 Å². The first-order valence-electron chi connectivity index (χ1n) is 5.92. The highest BCUT2D eigenvalue weighted by Crippen LogP contribution is 2.44. The Labute approximate surface area is 115 Å². The topological polar surface area (TPSA) is 37.4 Å². The molecule has 4 heteroatoms. The van der Waals surface area contributed by atoms with Crippen molar-refractivity contribution in [1.82, 2.24) is 4.90 Å². The molecule has 0 aliphatic carbocycles. The molecule has 2 rings (SSSR count). The lowest BCUT2D eigenvalue weighted by atomic mass is 9.73. The second-order valence-electron chi connectivity index (χ2n) is 5.13. The van der Waals surface area contributed by atoms with E-state index in [1.807, 2.05) is 38.1 Å². The van der Waals surface area contributed by atoms with E-state index in [2.05, 4.69) is 15.9 Å². The molecule has 96 valence electrons. The van der Waals surface area contributed by atoms with Crippen LogP contribution < -0.4 is 0 Å². The van der Waals surface area contributed by atoms with E-state index in [4.69, 9.17) is 0 Å². The molecule has 0 aromatic heterocycles. The summed E-state index contributed by atoms with van der Waals surface area (Å²) in [6.07, 6.45) is 0.291. The van der Waals surface area contributed by atoms with Gasteiger partial charge in [-0.2, -0.15) is 0 Å². The molecule has 1 unspecified atom stereocenters. The SMILES string of the molecule is CC(c1ccc(Br)cc1)[C@]1(C)CC(=O)N(C)C1=O. The van der Waals surface area contributed by atoms with Crippen molar-refractivity contribution in [2.75, 3.05) is 7.05 Å². The molecule has 18 heavy (non-hydrogen) atoms. The van der Waals surface area contributed by atoms with Crippen molar-refractivity contribution in [3.63, 3.8) is 0 Å². The number of nitrogens with zero attached hydrogens (tertiary/aromatic N) is 1. The van der Waals surface area contributed by atoms with Crippen LogP contribution in [-0.4, -0.2) is 23.8 Å². The zero-order valence-electron chi connectivity index (χ0n) is 10.7. The number of amides is 2. The molecule has 2 amide bonds.